The molecular weight excluding hydrogens is 208 g/mol. The van der Waals surface area contributed by atoms with Gasteiger partial charge in [-0.15, -0.1) is 11.8 Å². The number of hydrogen-bond donors (Lipinski definition) is 1. The largest absolute Gasteiger partial charge is 0.397 e. The molecule has 1 aromatic heterocycles. The summed E-state index contributed by atoms with van der Waals surface area (Å²) in [5, 5.41) is 9.64. The number of rotatable bonds is 4. The molecule has 0 aliphatic rings. The van der Waals surface area contributed by atoms with Gasteiger partial charge >= 0.3 is 0 Å². The van der Waals surface area contributed by atoms with Crippen LogP contribution in [0.4, 0.5) is 5.69 Å². The van der Waals surface area contributed by atoms with Gasteiger partial charge in [-0.1, -0.05) is 0 Å². The van der Waals surface area contributed by atoms with Crippen LogP contribution in [0, 0.1) is 11.3 Å². The standard InChI is InChI=1S/C10H14N4S/c1-14(2)3-4-15-10-8(6-11)5-9(12)7-13-10/h5,7H,3-4,12H2,1-2H3. The van der Waals surface area contributed by atoms with Crippen molar-refractivity contribution in [2.45, 2.75) is 5.03 Å². The fourth-order valence-corrected chi connectivity index (χ4v) is 2.03. The van der Waals surface area contributed by atoms with Gasteiger partial charge in [0.1, 0.15) is 11.1 Å². The molecule has 0 amide bonds. The summed E-state index contributed by atoms with van der Waals surface area (Å²) in [6.45, 7) is 0.960. The van der Waals surface area contributed by atoms with Crippen molar-refractivity contribution in [2.24, 2.45) is 0 Å². The molecule has 4 nitrogen and oxygen atoms in total. The Kier molecular flexibility index (Phi) is 4.40. The Labute approximate surface area is 94.1 Å². The van der Waals surface area contributed by atoms with Crippen LogP contribution in [-0.4, -0.2) is 36.3 Å². The molecule has 0 aromatic carbocycles. The Balaban J connectivity index is 2.65. The molecule has 1 heterocycles. The fraction of sp³-hybridized carbons (Fsp3) is 0.400. The van der Waals surface area contributed by atoms with Gasteiger partial charge in [0, 0.05) is 12.3 Å². The zero-order valence-electron chi connectivity index (χ0n) is 8.90. The van der Waals surface area contributed by atoms with Crippen LogP contribution >= 0.6 is 11.8 Å². The summed E-state index contributed by atoms with van der Waals surface area (Å²) in [6.07, 6.45) is 1.58. The minimum Gasteiger partial charge on any atom is -0.397 e. The van der Waals surface area contributed by atoms with Crippen molar-refractivity contribution in [1.29, 1.82) is 5.26 Å². The average Bonchev–Trinajstić information content (AvgIpc) is 2.19. The van der Waals surface area contributed by atoms with E-state index in [1.165, 1.54) is 0 Å². The van der Waals surface area contributed by atoms with E-state index in [0.717, 1.165) is 17.3 Å². The van der Waals surface area contributed by atoms with E-state index in [1.807, 2.05) is 14.1 Å². The van der Waals surface area contributed by atoms with Gasteiger partial charge in [0.15, 0.2) is 0 Å². The minimum absolute atomic E-state index is 0.531. The number of thioether (sulfide) groups is 1. The SMILES string of the molecule is CN(C)CCSc1ncc(N)cc1C#N. The Hall–Kier alpha value is -1.25. The molecule has 0 fully saturated rings. The lowest BCUT2D eigenvalue weighted by molar-refractivity contribution is 0.437. The number of pyridine rings is 1. The molecule has 0 spiro atoms. The molecule has 5 heteroatoms. The van der Waals surface area contributed by atoms with Crippen LogP contribution in [0.1, 0.15) is 5.56 Å². The van der Waals surface area contributed by atoms with E-state index in [0.29, 0.717) is 11.3 Å². The summed E-state index contributed by atoms with van der Waals surface area (Å²) >= 11 is 1.58. The van der Waals surface area contributed by atoms with Crippen LogP contribution in [0.2, 0.25) is 0 Å². The highest BCUT2D eigenvalue weighted by atomic mass is 32.2. The first kappa shape index (κ1) is 11.8. The van der Waals surface area contributed by atoms with Gasteiger partial charge in [-0.25, -0.2) is 4.98 Å². The number of nitrogens with two attached hydrogens (primary N) is 1. The van der Waals surface area contributed by atoms with Gasteiger partial charge in [-0.05, 0) is 20.2 Å². The molecule has 2 N–H and O–H groups in total. The zero-order valence-corrected chi connectivity index (χ0v) is 9.71. The van der Waals surface area contributed by atoms with Crippen molar-refractivity contribution >= 4 is 17.4 Å². The fourth-order valence-electron chi connectivity index (χ4n) is 0.988. The van der Waals surface area contributed by atoms with Gasteiger partial charge in [0.25, 0.3) is 0 Å². The number of nitriles is 1. The Morgan fingerprint density at radius 1 is 1.60 bits per heavy atom. The Morgan fingerprint density at radius 3 is 2.93 bits per heavy atom. The second-order valence-electron chi connectivity index (χ2n) is 3.38. The molecular formula is C10H14N4S. The Morgan fingerprint density at radius 2 is 2.33 bits per heavy atom. The minimum atomic E-state index is 0.531. The first-order chi connectivity index (χ1) is 7.13. The molecule has 1 aromatic rings. The second-order valence-corrected chi connectivity index (χ2v) is 4.47. The van der Waals surface area contributed by atoms with Gasteiger partial charge in [0.2, 0.25) is 0 Å². The van der Waals surface area contributed by atoms with Crippen LogP contribution < -0.4 is 5.73 Å². The van der Waals surface area contributed by atoms with E-state index in [9.17, 15) is 0 Å². The van der Waals surface area contributed by atoms with Crippen molar-refractivity contribution in [3.05, 3.63) is 17.8 Å². The lowest BCUT2D eigenvalue weighted by Crippen LogP contribution is -2.14. The Bertz CT molecular complexity index is 370. The van der Waals surface area contributed by atoms with E-state index in [-0.39, 0.29) is 0 Å². The number of anilines is 1. The van der Waals surface area contributed by atoms with Gasteiger partial charge in [0.05, 0.1) is 17.4 Å². The van der Waals surface area contributed by atoms with Crippen LogP contribution in [-0.2, 0) is 0 Å². The van der Waals surface area contributed by atoms with Crippen LogP contribution in [0.15, 0.2) is 17.3 Å². The van der Waals surface area contributed by atoms with E-state index >= 15 is 0 Å². The summed E-state index contributed by atoms with van der Waals surface area (Å²) < 4.78 is 0. The maximum absolute atomic E-state index is 8.88. The summed E-state index contributed by atoms with van der Waals surface area (Å²) in [7, 11) is 4.03. The van der Waals surface area contributed by atoms with Crippen molar-refractivity contribution in [2.75, 3.05) is 32.1 Å². The third kappa shape index (κ3) is 3.78. The van der Waals surface area contributed by atoms with Crippen molar-refractivity contribution in [3.8, 4) is 6.07 Å². The third-order valence-electron chi connectivity index (χ3n) is 1.77. The highest BCUT2D eigenvalue weighted by Crippen LogP contribution is 2.20. The predicted octanol–water partition coefficient (Wildman–Crippen LogP) is 1.19. The van der Waals surface area contributed by atoms with E-state index in [2.05, 4.69) is 16.0 Å². The smallest absolute Gasteiger partial charge is 0.114 e. The zero-order chi connectivity index (χ0) is 11.3. The molecule has 80 valence electrons. The number of nitrogens with zero attached hydrogens (tertiary/aromatic N) is 3. The summed E-state index contributed by atoms with van der Waals surface area (Å²) in [6, 6.07) is 3.76. The normalized spacial score (nSPS) is 10.3. The molecule has 0 atom stereocenters. The summed E-state index contributed by atoms with van der Waals surface area (Å²) in [5.74, 6) is 0.915. The van der Waals surface area contributed by atoms with E-state index in [4.69, 9.17) is 11.0 Å². The molecule has 1 rings (SSSR count). The van der Waals surface area contributed by atoms with Gasteiger partial charge in [-0.2, -0.15) is 5.26 Å². The highest BCUT2D eigenvalue weighted by Gasteiger charge is 2.04. The molecule has 0 aliphatic carbocycles. The average molecular weight is 222 g/mol. The summed E-state index contributed by atoms with van der Waals surface area (Å²) in [4.78, 5) is 6.24. The maximum Gasteiger partial charge on any atom is 0.114 e. The van der Waals surface area contributed by atoms with Gasteiger partial charge in [-0.3, -0.25) is 0 Å². The van der Waals surface area contributed by atoms with Crippen LogP contribution in [0.3, 0.4) is 0 Å². The monoisotopic (exact) mass is 222 g/mol. The van der Waals surface area contributed by atoms with Crippen molar-refractivity contribution in [3.63, 3.8) is 0 Å². The molecule has 0 unspecified atom stereocenters. The topological polar surface area (TPSA) is 65.9 Å². The first-order valence-corrected chi connectivity index (χ1v) is 5.55. The summed E-state index contributed by atoms with van der Waals surface area (Å²) in [5.41, 5.74) is 6.63. The molecule has 0 aliphatic heterocycles. The van der Waals surface area contributed by atoms with Crippen molar-refractivity contribution < 1.29 is 0 Å². The van der Waals surface area contributed by atoms with Crippen LogP contribution in [0.5, 0.6) is 0 Å². The quantitative estimate of drug-likeness (QED) is 0.775. The van der Waals surface area contributed by atoms with Gasteiger partial charge < -0.3 is 10.6 Å². The highest BCUT2D eigenvalue weighted by molar-refractivity contribution is 7.99. The molecule has 0 radical (unpaired) electrons. The van der Waals surface area contributed by atoms with E-state index < -0.39 is 0 Å². The van der Waals surface area contributed by atoms with Crippen molar-refractivity contribution in [1.82, 2.24) is 9.88 Å². The molecule has 0 saturated heterocycles. The number of hydrogen-bond acceptors (Lipinski definition) is 5. The molecule has 15 heavy (non-hydrogen) atoms. The lowest BCUT2D eigenvalue weighted by atomic mass is 10.3. The van der Waals surface area contributed by atoms with E-state index in [1.54, 1.807) is 24.0 Å². The number of aromatic nitrogens is 1. The predicted molar refractivity (Wildman–Crippen MR) is 62.6 cm³/mol. The molecule has 0 bridgehead atoms. The molecule has 0 saturated carbocycles. The number of nitrogen functional groups attached to an aromatic ring is 1. The third-order valence-corrected chi connectivity index (χ3v) is 2.76. The first-order valence-electron chi connectivity index (χ1n) is 4.56. The lowest BCUT2D eigenvalue weighted by Gasteiger charge is -2.08. The maximum atomic E-state index is 8.88. The second kappa shape index (κ2) is 5.59. The van der Waals surface area contributed by atoms with Crippen LogP contribution in [0.25, 0.3) is 0 Å².